The van der Waals surface area contributed by atoms with Crippen molar-refractivity contribution in [3.63, 3.8) is 0 Å². The molecule has 4 aromatic carbocycles. The van der Waals surface area contributed by atoms with Gasteiger partial charge >= 0.3 is 11.9 Å². The number of anilines is 2. The van der Waals surface area contributed by atoms with Gasteiger partial charge in [-0.2, -0.15) is 8.61 Å². The average molecular weight is 1320 g/mol. The standard InChI is InChI=1S/C33H50ClFN4O5S.C32H48ClFN4O5S/c1-10-44-32(40)29-13-14-45(41,42)39(29)20-24-15-23(16-25(17-24)37(7)8)19-38(26(21-36(5)6)18-33(2,3)4)22-27-28(34)11-12-30(43-9)31(27)35;1-32(2,3)17-25(20-35(4)5)37(21-26-27(33)10-11-29(42-8)30(26)34)18-22-14-23(16-24(15-22)36(6)7)19-38-28(31(39)43-9)12-13-44(38,40)41/h11-12,15-17,26,29H,10,13-14,18-22H2,1-9H3;10-11,14-16,25,28H,12-13,17-21H2,1-9H3/t26-,29?;25-,28?/m00/s1. The molecule has 0 amide bonds. The van der Waals surface area contributed by atoms with Crippen LogP contribution in [0.15, 0.2) is 60.7 Å². The normalized spacial score (nSPS) is 17.6. The maximum absolute atomic E-state index is 15.6. The summed E-state index contributed by atoms with van der Waals surface area (Å²) >= 11 is 13.2. The zero-order valence-electron chi connectivity index (χ0n) is 55.7. The number of carbonyl (C=O) groups is 2. The molecule has 2 saturated heterocycles. The van der Waals surface area contributed by atoms with Gasteiger partial charge in [0, 0.05) is 125 Å². The van der Waals surface area contributed by atoms with Gasteiger partial charge in [-0.3, -0.25) is 19.4 Å². The van der Waals surface area contributed by atoms with Crippen molar-refractivity contribution in [1.29, 1.82) is 0 Å². The van der Waals surface area contributed by atoms with Gasteiger partial charge in [-0.1, -0.05) is 76.9 Å². The monoisotopic (exact) mass is 1320 g/mol. The molecule has 2 aliphatic rings. The second-order valence-corrected chi connectivity index (χ2v) is 31.6. The van der Waals surface area contributed by atoms with Gasteiger partial charge in [0.2, 0.25) is 20.0 Å². The summed E-state index contributed by atoms with van der Waals surface area (Å²) < 4.78 is 106. The zero-order valence-corrected chi connectivity index (χ0v) is 58.8. The van der Waals surface area contributed by atoms with E-state index in [1.807, 2.05) is 90.4 Å². The number of hydrogen-bond donors (Lipinski definition) is 0. The van der Waals surface area contributed by atoms with Gasteiger partial charge < -0.3 is 38.5 Å². The Hall–Kier alpha value is -4.88. The number of hydrogen-bond acceptors (Lipinski definition) is 16. The number of ether oxygens (including phenoxy) is 4. The van der Waals surface area contributed by atoms with Crippen LogP contribution in [-0.4, -0.2) is 190 Å². The first kappa shape index (κ1) is 74.8. The van der Waals surface area contributed by atoms with Crippen molar-refractivity contribution in [3.8, 4) is 11.5 Å². The summed E-state index contributed by atoms with van der Waals surface area (Å²) in [6, 6.07) is 16.6. The second-order valence-electron chi connectivity index (χ2n) is 26.7. The van der Waals surface area contributed by atoms with Gasteiger partial charge in [0.15, 0.2) is 23.1 Å². The van der Waals surface area contributed by atoms with Gasteiger partial charge in [0.05, 0.1) is 39.4 Å². The van der Waals surface area contributed by atoms with Crippen LogP contribution in [-0.2, 0) is 78.4 Å². The molecule has 498 valence electrons. The van der Waals surface area contributed by atoms with Crippen molar-refractivity contribution in [2.75, 3.05) is 119 Å². The molecule has 0 radical (unpaired) electrons. The van der Waals surface area contributed by atoms with Crippen LogP contribution in [0.2, 0.25) is 10.0 Å². The number of carbonyl (C=O) groups excluding carboxylic acids is 2. The lowest BCUT2D eigenvalue weighted by molar-refractivity contribution is -0.147. The predicted octanol–water partition coefficient (Wildman–Crippen LogP) is 10.4. The lowest BCUT2D eigenvalue weighted by atomic mass is 9.87. The molecule has 0 saturated carbocycles. The van der Waals surface area contributed by atoms with Gasteiger partial charge in [-0.15, -0.1) is 0 Å². The number of rotatable bonds is 27. The molecule has 2 fully saturated rings. The number of nitrogens with zero attached hydrogens (tertiary/aromatic N) is 8. The first-order chi connectivity index (χ1) is 41.4. The van der Waals surface area contributed by atoms with E-state index in [-0.39, 0.29) is 91.5 Å². The van der Waals surface area contributed by atoms with Gasteiger partial charge in [0.1, 0.15) is 12.1 Å². The highest BCUT2D eigenvalue weighted by atomic mass is 35.5. The summed E-state index contributed by atoms with van der Waals surface area (Å²) in [5, 5.41) is 0.646. The van der Waals surface area contributed by atoms with E-state index in [4.69, 9.17) is 42.1 Å². The van der Waals surface area contributed by atoms with Gasteiger partial charge in [0.25, 0.3) is 0 Å². The third-order valence-corrected chi connectivity index (χ3v) is 20.0. The maximum atomic E-state index is 15.6. The van der Waals surface area contributed by atoms with Crippen LogP contribution in [0.5, 0.6) is 11.5 Å². The Morgan fingerprint density at radius 1 is 0.573 bits per heavy atom. The van der Waals surface area contributed by atoms with E-state index in [2.05, 4.69) is 73.3 Å². The topological polar surface area (TPSA) is 165 Å². The third-order valence-electron chi connectivity index (χ3n) is 15.6. The SMILES string of the molecule is CCOC(=O)C1CCS(=O)(=O)N1Cc1cc(CN(Cc2c(Cl)ccc(OC)c2F)[C@H](CN(C)C)CC(C)(C)C)cc(N(C)C)c1.COC(=O)C1CCS(=O)(=O)N1Cc1cc(CN(Cc2c(Cl)ccc(OC)c2F)[C@H](CN(C)C)CC(C)(C)C)cc(N(C)C)c1. The van der Waals surface area contributed by atoms with Crippen molar-refractivity contribution in [3.05, 3.63) is 116 Å². The molecule has 0 spiro atoms. The highest BCUT2D eigenvalue weighted by molar-refractivity contribution is 7.89. The fourth-order valence-corrected chi connectivity index (χ4v) is 15.3. The Balaban J connectivity index is 0.000000324. The quantitative estimate of drug-likeness (QED) is 0.0517. The Kier molecular flexibility index (Phi) is 27.0. The lowest BCUT2D eigenvalue weighted by Gasteiger charge is -2.38. The second kappa shape index (κ2) is 32.1. The van der Waals surface area contributed by atoms with Gasteiger partial charge in [-0.05, 0) is 142 Å². The van der Waals surface area contributed by atoms with Crippen LogP contribution in [0.3, 0.4) is 0 Å². The van der Waals surface area contributed by atoms with E-state index in [1.54, 1.807) is 19.1 Å². The molecule has 4 atom stereocenters. The number of benzene rings is 4. The minimum absolute atomic E-state index is 0.0146. The van der Waals surface area contributed by atoms with Crippen LogP contribution < -0.4 is 19.3 Å². The number of methoxy groups -OCH3 is 3. The zero-order chi connectivity index (χ0) is 66.7. The van der Waals surface area contributed by atoms with Crippen molar-refractivity contribution in [2.24, 2.45) is 10.8 Å². The first-order valence-corrected chi connectivity index (χ1v) is 34.0. The lowest BCUT2D eigenvalue weighted by Crippen LogP contribution is -2.43. The summed E-state index contributed by atoms with van der Waals surface area (Å²) in [7, 11) is 12.6. The van der Waals surface area contributed by atoms with Crippen LogP contribution in [0, 0.1) is 22.5 Å². The fraction of sp³-hybridized carbons (Fsp3) is 0.600. The molecule has 0 N–H and O–H groups in total. The van der Waals surface area contributed by atoms with Crippen LogP contribution >= 0.6 is 23.2 Å². The molecule has 0 aliphatic carbocycles. The Morgan fingerprint density at radius 3 is 1.25 bits per heavy atom. The molecule has 18 nitrogen and oxygen atoms in total. The summed E-state index contributed by atoms with van der Waals surface area (Å²) in [4.78, 5) is 37.8. The molecule has 2 aliphatic heterocycles. The number of halogens is 4. The smallest absolute Gasteiger partial charge is 0.324 e. The first-order valence-electron chi connectivity index (χ1n) is 30.0. The van der Waals surface area contributed by atoms with E-state index in [0.29, 0.717) is 34.3 Å². The minimum atomic E-state index is -3.64. The van der Waals surface area contributed by atoms with E-state index in [0.717, 1.165) is 59.6 Å². The molecule has 2 heterocycles. The van der Waals surface area contributed by atoms with Crippen molar-refractivity contribution in [1.82, 2.24) is 28.2 Å². The number of esters is 2. The molecular weight excluding hydrogens is 1230 g/mol. The highest BCUT2D eigenvalue weighted by Gasteiger charge is 2.44. The van der Waals surface area contributed by atoms with E-state index < -0.39 is 55.7 Å². The van der Waals surface area contributed by atoms with Crippen molar-refractivity contribution >= 4 is 66.6 Å². The molecule has 89 heavy (non-hydrogen) atoms. The Bertz CT molecular complexity index is 3270. The largest absolute Gasteiger partial charge is 0.494 e. The average Bonchev–Trinajstić information content (AvgIpc) is 3.52. The summed E-state index contributed by atoms with van der Waals surface area (Å²) in [5.41, 5.74) is 5.81. The summed E-state index contributed by atoms with van der Waals surface area (Å²) in [6.07, 6.45) is 2.05. The third kappa shape index (κ3) is 21.3. The van der Waals surface area contributed by atoms with Crippen LogP contribution in [0.1, 0.15) is 108 Å². The Morgan fingerprint density at radius 2 is 0.933 bits per heavy atom. The molecular formula is C65H98Cl2F2N8O10S2. The summed E-state index contributed by atoms with van der Waals surface area (Å²) in [6.45, 7) is 17.9. The molecule has 6 rings (SSSR count). The minimum Gasteiger partial charge on any atom is -0.494 e. The van der Waals surface area contributed by atoms with Crippen molar-refractivity contribution in [2.45, 2.75) is 138 Å². The van der Waals surface area contributed by atoms with Crippen molar-refractivity contribution < 1.29 is 54.2 Å². The molecule has 0 bridgehead atoms. The van der Waals surface area contributed by atoms with Crippen LogP contribution in [0.4, 0.5) is 20.2 Å². The molecule has 4 aromatic rings. The highest BCUT2D eigenvalue weighted by Crippen LogP contribution is 2.36. The molecule has 24 heteroatoms. The Labute approximate surface area is 540 Å². The maximum Gasteiger partial charge on any atom is 0.324 e. The molecule has 2 unspecified atom stereocenters. The predicted molar refractivity (Wildman–Crippen MR) is 353 cm³/mol. The van der Waals surface area contributed by atoms with E-state index in [9.17, 15) is 26.4 Å². The number of likely N-dealkylation sites (N-methyl/N-ethyl adjacent to an activating group) is 2. The van der Waals surface area contributed by atoms with E-state index in [1.165, 1.54) is 42.1 Å². The number of sulfonamides is 2. The summed E-state index contributed by atoms with van der Waals surface area (Å²) in [5.74, 6) is -2.00. The fourth-order valence-electron chi connectivity index (χ4n) is 11.6. The van der Waals surface area contributed by atoms with Gasteiger partial charge in [-0.25, -0.2) is 25.6 Å². The van der Waals surface area contributed by atoms with E-state index >= 15 is 8.78 Å². The van der Waals surface area contributed by atoms with Crippen LogP contribution in [0.25, 0.3) is 0 Å². The molecule has 0 aromatic heterocycles.